The predicted octanol–water partition coefficient (Wildman–Crippen LogP) is 7.68. The maximum absolute atomic E-state index is 11.2. The van der Waals surface area contributed by atoms with Gasteiger partial charge in [-0.1, -0.05) is 71.3 Å². The van der Waals surface area contributed by atoms with Crippen molar-refractivity contribution in [3.05, 3.63) is 70.4 Å². The molecule has 0 spiro atoms. The van der Waals surface area contributed by atoms with Gasteiger partial charge in [0.2, 0.25) is 0 Å². The molecule has 0 saturated heterocycles. The van der Waals surface area contributed by atoms with Gasteiger partial charge in [-0.05, 0) is 64.8 Å². The Bertz CT molecular complexity index is 1060. The highest BCUT2D eigenvalue weighted by atomic mass is 35.5. The summed E-state index contributed by atoms with van der Waals surface area (Å²) in [6, 6.07) is 16.2. The SMILES string of the molecule is Cc1cc(-c2cccc(Cl)n2)cc(-c2cc(C(C)(C)C)cc(C(C)(C)C)c2O)c1. The fraction of sp³-hybridized carbons (Fsp3) is 0.346. The van der Waals surface area contributed by atoms with Gasteiger partial charge in [-0.3, -0.25) is 0 Å². The molecule has 0 fully saturated rings. The molecular weight excluding hydrogens is 378 g/mol. The molecule has 0 bridgehead atoms. The van der Waals surface area contributed by atoms with Crippen molar-refractivity contribution < 1.29 is 5.11 Å². The predicted molar refractivity (Wildman–Crippen MR) is 124 cm³/mol. The van der Waals surface area contributed by atoms with Crippen LogP contribution >= 0.6 is 11.6 Å². The van der Waals surface area contributed by atoms with Crippen molar-refractivity contribution in [2.45, 2.75) is 59.3 Å². The molecule has 3 heteroatoms. The lowest BCUT2D eigenvalue weighted by atomic mass is 9.78. The van der Waals surface area contributed by atoms with Crippen LogP contribution in [0.15, 0.2) is 48.5 Å². The highest BCUT2D eigenvalue weighted by Crippen LogP contribution is 2.43. The molecule has 0 atom stereocenters. The van der Waals surface area contributed by atoms with Crippen LogP contribution in [0.25, 0.3) is 22.4 Å². The second-order valence-corrected chi connectivity index (χ2v) is 10.2. The number of phenolic OH excluding ortho intramolecular Hbond substituents is 1. The van der Waals surface area contributed by atoms with Crippen LogP contribution in [0.3, 0.4) is 0 Å². The van der Waals surface area contributed by atoms with Crippen LogP contribution in [0.1, 0.15) is 58.2 Å². The number of nitrogens with zero attached hydrogens (tertiary/aromatic N) is 1. The zero-order valence-electron chi connectivity index (χ0n) is 18.4. The molecule has 1 aromatic heterocycles. The average Bonchev–Trinajstić information content (AvgIpc) is 2.59. The van der Waals surface area contributed by atoms with Crippen molar-refractivity contribution in [2.75, 3.05) is 0 Å². The summed E-state index contributed by atoms with van der Waals surface area (Å²) in [6.45, 7) is 15.1. The van der Waals surface area contributed by atoms with Crippen molar-refractivity contribution in [1.29, 1.82) is 0 Å². The molecule has 29 heavy (non-hydrogen) atoms. The molecule has 2 nitrogen and oxygen atoms in total. The number of halogens is 1. The Morgan fingerprint density at radius 2 is 1.48 bits per heavy atom. The lowest BCUT2D eigenvalue weighted by Gasteiger charge is -2.27. The van der Waals surface area contributed by atoms with Gasteiger partial charge in [0.05, 0.1) is 5.69 Å². The Morgan fingerprint density at radius 1 is 0.828 bits per heavy atom. The van der Waals surface area contributed by atoms with Crippen LogP contribution in [0, 0.1) is 6.92 Å². The molecule has 3 rings (SSSR count). The van der Waals surface area contributed by atoms with E-state index in [0.717, 1.165) is 33.5 Å². The van der Waals surface area contributed by atoms with E-state index in [0.29, 0.717) is 10.9 Å². The fourth-order valence-corrected chi connectivity index (χ4v) is 3.68. The van der Waals surface area contributed by atoms with Gasteiger partial charge in [-0.25, -0.2) is 4.98 Å². The average molecular weight is 408 g/mol. The van der Waals surface area contributed by atoms with E-state index in [2.05, 4.69) is 83.8 Å². The molecule has 2 aromatic carbocycles. The number of aromatic hydroxyl groups is 1. The minimum absolute atomic E-state index is 0.0242. The largest absolute Gasteiger partial charge is 0.507 e. The molecule has 1 heterocycles. The van der Waals surface area contributed by atoms with E-state index in [-0.39, 0.29) is 10.8 Å². The second-order valence-electron chi connectivity index (χ2n) is 9.85. The molecular formula is C26H30ClNO. The van der Waals surface area contributed by atoms with Crippen LogP contribution in [-0.4, -0.2) is 10.1 Å². The van der Waals surface area contributed by atoms with E-state index < -0.39 is 0 Å². The first kappa shape index (κ1) is 21.4. The van der Waals surface area contributed by atoms with Crippen LogP contribution in [0.4, 0.5) is 0 Å². The van der Waals surface area contributed by atoms with Gasteiger partial charge < -0.3 is 5.11 Å². The number of rotatable bonds is 2. The highest BCUT2D eigenvalue weighted by Gasteiger charge is 2.25. The molecule has 3 aromatic rings. The third-order valence-electron chi connectivity index (χ3n) is 5.18. The number of pyridine rings is 1. The lowest BCUT2D eigenvalue weighted by molar-refractivity contribution is 0.446. The minimum atomic E-state index is -0.165. The van der Waals surface area contributed by atoms with Crippen molar-refractivity contribution >= 4 is 11.6 Å². The zero-order valence-corrected chi connectivity index (χ0v) is 19.1. The summed E-state index contributed by atoms with van der Waals surface area (Å²) in [5.74, 6) is 0.348. The van der Waals surface area contributed by atoms with Gasteiger partial charge in [-0.15, -0.1) is 0 Å². The molecule has 0 aliphatic carbocycles. The molecule has 0 aliphatic heterocycles. The third kappa shape index (κ3) is 4.64. The van der Waals surface area contributed by atoms with Crippen LogP contribution in [0.2, 0.25) is 5.15 Å². The fourth-order valence-electron chi connectivity index (χ4n) is 3.51. The molecule has 0 unspecified atom stereocenters. The van der Waals surface area contributed by atoms with Gasteiger partial charge >= 0.3 is 0 Å². The molecule has 1 N–H and O–H groups in total. The monoisotopic (exact) mass is 407 g/mol. The number of aromatic nitrogens is 1. The molecule has 0 radical (unpaired) electrons. The summed E-state index contributed by atoms with van der Waals surface area (Å²) in [5.41, 5.74) is 6.74. The number of hydrogen-bond acceptors (Lipinski definition) is 2. The summed E-state index contributed by atoms with van der Waals surface area (Å²) in [5, 5.41) is 11.7. The van der Waals surface area contributed by atoms with Gasteiger partial charge in [-0.2, -0.15) is 0 Å². The highest BCUT2D eigenvalue weighted by molar-refractivity contribution is 6.29. The summed E-state index contributed by atoms with van der Waals surface area (Å²) >= 11 is 6.11. The molecule has 0 aliphatic rings. The minimum Gasteiger partial charge on any atom is -0.507 e. The van der Waals surface area contributed by atoms with Crippen molar-refractivity contribution in [3.8, 4) is 28.1 Å². The summed E-state index contributed by atoms with van der Waals surface area (Å²) < 4.78 is 0. The molecule has 152 valence electrons. The van der Waals surface area contributed by atoms with E-state index in [1.165, 1.54) is 5.56 Å². The van der Waals surface area contributed by atoms with Crippen molar-refractivity contribution in [1.82, 2.24) is 4.98 Å². The van der Waals surface area contributed by atoms with Gasteiger partial charge in [0.1, 0.15) is 10.9 Å². The van der Waals surface area contributed by atoms with Crippen LogP contribution in [0.5, 0.6) is 5.75 Å². The first-order valence-electron chi connectivity index (χ1n) is 9.99. The van der Waals surface area contributed by atoms with E-state index in [9.17, 15) is 5.11 Å². The second kappa shape index (κ2) is 7.50. The van der Waals surface area contributed by atoms with Gasteiger partial charge in [0, 0.05) is 16.7 Å². The number of aryl methyl sites for hydroxylation is 1. The summed E-state index contributed by atoms with van der Waals surface area (Å²) in [4.78, 5) is 4.46. The third-order valence-corrected chi connectivity index (χ3v) is 5.39. The van der Waals surface area contributed by atoms with E-state index >= 15 is 0 Å². The zero-order chi connectivity index (χ0) is 21.6. The smallest absolute Gasteiger partial charge is 0.129 e. The lowest BCUT2D eigenvalue weighted by Crippen LogP contribution is -2.17. The number of phenols is 1. The van der Waals surface area contributed by atoms with E-state index in [1.807, 2.05) is 12.1 Å². The van der Waals surface area contributed by atoms with Crippen molar-refractivity contribution in [3.63, 3.8) is 0 Å². The van der Waals surface area contributed by atoms with Crippen LogP contribution < -0.4 is 0 Å². The number of benzene rings is 2. The Hall–Kier alpha value is -2.32. The Balaban J connectivity index is 2.28. The molecule has 0 saturated carbocycles. The molecule has 0 amide bonds. The van der Waals surface area contributed by atoms with Gasteiger partial charge in [0.15, 0.2) is 0 Å². The Labute approximate surface area is 179 Å². The first-order chi connectivity index (χ1) is 13.4. The summed E-state index contributed by atoms with van der Waals surface area (Å²) in [6.07, 6.45) is 0. The topological polar surface area (TPSA) is 33.1 Å². The van der Waals surface area contributed by atoms with Crippen molar-refractivity contribution in [2.24, 2.45) is 0 Å². The Morgan fingerprint density at radius 3 is 2.07 bits per heavy atom. The number of hydrogen-bond donors (Lipinski definition) is 1. The Kier molecular flexibility index (Phi) is 5.53. The normalized spacial score (nSPS) is 12.3. The van der Waals surface area contributed by atoms with E-state index in [4.69, 9.17) is 11.6 Å². The quantitative estimate of drug-likeness (QED) is 0.442. The standard InChI is InChI=1S/C26H30ClNO/c1-16-11-17(13-18(12-16)22-9-8-10-23(27)28-22)20-14-19(25(2,3)4)15-21(24(20)29)26(5,6)7/h8-15,29H,1-7H3. The van der Waals surface area contributed by atoms with Gasteiger partial charge in [0.25, 0.3) is 0 Å². The van der Waals surface area contributed by atoms with Crippen LogP contribution in [-0.2, 0) is 10.8 Å². The summed E-state index contributed by atoms with van der Waals surface area (Å²) in [7, 11) is 0. The maximum atomic E-state index is 11.2. The van der Waals surface area contributed by atoms with E-state index in [1.54, 1.807) is 6.07 Å². The maximum Gasteiger partial charge on any atom is 0.129 e. The first-order valence-corrected chi connectivity index (χ1v) is 10.4.